The summed E-state index contributed by atoms with van der Waals surface area (Å²) in [6.45, 7) is 6.98. The molecule has 0 fully saturated rings. The van der Waals surface area contributed by atoms with E-state index in [4.69, 9.17) is 4.74 Å². The first kappa shape index (κ1) is 19.1. The van der Waals surface area contributed by atoms with Gasteiger partial charge in [0.15, 0.2) is 0 Å². The summed E-state index contributed by atoms with van der Waals surface area (Å²) >= 11 is 1.88. The average Bonchev–Trinajstić information content (AvgIpc) is 2.65. The van der Waals surface area contributed by atoms with E-state index in [-0.39, 0.29) is 0 Å². The molecular formula is C23H26OS. The number of benzene rings is 3. The van der Waals surface area contributed by atoms with E-state index in [9.17, 15) is 0 Å². The van der Waals surface area contributed by atoms with Crippen molar-refractivity contribution in [2.24, 2.45) is 0 Å². The molecule has 2 heteroatoms. The van der Waals surface area contributed by atoms with Gasteiger partial charge in [0.05, 0.1) is 0 Å². The van der Waals surface area contributed by atoms with Crippen LogP contribution < -0.4 is 4.74 Å². The lowest BCUT2D eigenvalue weighted by Gasteiger charge is -2.06. The molecule has 0 saturated heterocycles. The second-order valence-electron chi connectivity index (χ2n) is 5.83. The second kappa shape index (κ2) is 10.6. The van der Waals surface area contributed by atoms with Crippen LogP contribution in [0.2, 0.25) is 0 Å². The lowest BCUT2D eigenvalue weighted by molar-refractivity contribution is 0.306. The van der Waals surface area contributed by atoms with Gasteiger partial charge in [0, 0.05) is 4.90 Å². The molecule has 3 aromatic carbocycles. The van der Waals surface area contributed by atoms with Crippen molar-refractivity contribution in [2.75, 3.05) is 5.75 Å². The Kier molecular flexibility index (Phi) is 8.14. The Labute approximate surface area is 156 Å². The molecule has 0 aliphatic carbocycles. The molecule has 0 atom stereocenters. The fourth-order valence-electron chi connectivity index (χ4n) is 2.18. The van der Waals surface area contributed by atoms with Crippen LogP contribution in [0.25, 0.3) is 0 Å². The van der Waals surface area contributed by atoms with Gasteiger partial charge in [0.1, 0.15) is 12.4 Å². The highest BCUT2D eigenvalue weighted by Gasteiger charge is 1.94. The summed E-state index contributed by atoms with van der Waals surface area (Å²) < 4.78 is 5.65. The minimum Gasteiger partial charge on any atom is -0.489 e. The summed E-state index contributed by atoms with van der Waals surface area (Å²) in [6, 6.07) is 26.9. The van der Waals surface area contributed by atoms with Crippen molar-refractivity contribution >= 4 is 11.8 Å². The van der Waals surface area contributed by atoms with Crippen LogP contribution in [0.3, 0.4) is 0 Å². The Hall–Kier alpha value is -2.19. The molecule has 0 aliphatic heterocycles. The number of thioether (sulfide) groups is 1. The van der Waals surface area contributed by atoms with Crippen LogP contribution in [-0.2, 0) is 6.61 Å². The largest absolute Gasteiger partial charge is 0.489 e. The van der Waals surface area contributed by atoms with Crippen molar-refractivity contribution in [3.05, 3.63) is 95.6 Å². The second-order valence-corrected chi connectivity index (χ2v) is 7.17. The maximum Gasteiger partial charge on any atom is 0.119 e. The Morgan fingerprint density at radius 3 is 1.84 bits per heavy atom. The van der Waals surface area contributed by atoms with Gasteiger partial charge in [-0.05, 0) is 49.4 Å². The van der Waals surface area contributed by atoms with Crippen LogP contribution in [0.5, 0.6) is 5.75 Å². The van der Waals surface area contributed by atoms with E-state index in [1.54, 1.807) is 0 Å². The van der Waals surface area contributed by atoms with Gasteiger partial charge in [-0.3, -0.25) is 0 Å². The zero-order chi connectivity index (χ0) is 17.9. The summed E-state index contributed by atoms with van der Waals surface area (Å²) in [7, 11) is 0. The Morgan fingerprint density at radius 1 is 0.720 bits per heavy atom. The van der Waals surface area contributed by atoms with Crippen molar-refractivity contribution in [1.82, 2.24) is 0 Å². The molecule has 0 saturated carbocycles. The van der Waals surface area contributed by atoms with Gasteiger partial charge >= 0.3 is 0 Å². The third-order valence-electron chi connectivity index (χ3n) is 3.60. The normalized spacial score (nSPS) is 9.88. The van der Waals surface area contributed by atoms with Crippen LogP contribution in [0, 0.1) is 13.8 Å². The minimum atomic E-state index is 0.629. The first-order valence-electron chi connectivity index (χ1n) is 8.60. The molecule has 1 nitrogen and oxygen atoms in total. The van der Waals surface area contributed by atoms with E-state index in [0.717, 1.165) is 11.5 Å². The molecule has 0 N–H and O–H groups in total. The molecule has 3 aromatic rings. The third-order valence-corrected chi connectivity index (χ3v) is 4.50. The predicted molar refractivity (Wildman–Crippen MR) is 110 cm³/mol. The molecule has 130 valence electrons. The molecule has 0 aliphatic rings. The molecule has 0 spiro atoms. The quantitative estimate of drug-likeness (QED) is 0.475. The topological polar surface area (TPSA) is 9.23 Å². The maximum absolute atomic E-state index is 5.65. The minimum absolute atomic E-state index is 0.629. The van der Waals surface area contributed by atoms with E-state index >= 15 is 0 Å². The maximum atomic E-state index is 5.65. The predicted octanol–water partition coefficient (Wildman–Crippen LogP) is 6.68. The van der Waals surface area contributed by atoms with E-state index in [1.807, 2.05) is 42.1 Å². The Morgan fingerprint density at radius 2 is 1.28 bits per heavy atom. The lowest BCUT2D eigenvalue weighted by atomic mass is 10.2. The van der Waals surface area contributed by atoms with Gasteiger partial charge in [-0.2, -0.15) is 0 Å². The highest BCUT2D eigenvalue weighted by Crippen LogP contribution is 2.17. The number of hydrogen-bond acceptors (Lipinski definition) is 2. The van der Waals surface area contributed by atoms with Gasteiger partial charge in [0.2, 0.25) is 0 Å². The highest BCUT2D eigenvalue weighted by atomic mass is 32.2. The zero-order valence-electron chi connectivity index (χ0n) is 15.2. The SMILES string of the molecule is CCSc1ccc(C)cc1.Cc1ccc(OCc2ccccc2)cc1. The summed E-state index contributed by atoms with van der Waals surface area (Å²) in [5, 5.41) is 0. The van der Waals surface area contributed by atoms with E-state index in [2.05, 4.69) is 69.3 Å². The van der Waals surface area contributed by atoms with E-state index in [0.29, 0.717) is 6.61 Å². The van der Waals surface area contributed by atoms with Gasteiger partial charge in [-0.15, -0.1) is 11.8 Å². The van der Waals surface area contributed by atoms with E-state index in [1.165, 1.54) is 21.6 Å². The van der Waals surface area contributed by atoms with Crippen LogP contribution in [0.4, 0.5) is 0 Å². The number of hydrogen-bond donors (Lipinski definition) is 0. The number of rotatable bonds is 5. The fraction of sp³-hybridized carbons (Fsp3) is 0.217. The highest BCUT2D eigenvalue weighted by molar-refractivity contribution is 7.99. The van der Waals surface area contributed by atoms with Gasteiger partial charge in [0.25, 0.3) is 0 Å². The van der Waals surface area contributed by atoms with Crippen LogP contribution in [-0.4, -0.2) is 5.75 Å². The van der Waals surface area contributed by atoms with Gasteiger partial charge < -0.3 is 4.74 Å². The molecular weight excluding hydrogens is 324 g/mol. The Balaban J connectivity index is 0.000000196. The van der Waals surface area contributed by atoms with Crippen molar-refractivity contribution in [3.8, 4) is 5.75 Å². The molecule has 0 unspecified atom stereocenters. The third kappa shape index (κ3) is 7.49. The molecule has 0 aromatic heterocycles. The summed E-state index contributed by atoms with van der Waals surface area (Å²) in [5.74, 6) is 2.08. The average molecular weight is 351 g/mol. The van der Waals surface area contributed by atoms with Crippen molar-refractivity contribution in [3.63, 3.8) is 0 Å². The molecule has 0 radical (unpaired) electrons. The first-order valence-corrected chi connectivity index (χ1v) is 9.59. The first-order chi connectivity index (χ1) is 12.2. The van der Waals surface area contributed by atoms with Crippen LogP contribution >= 0.6 is 11.8 Å². The molecule has 3 rings (SSSR count). The number of aryl methyl sites for hydroxylation is 2. The van der Waals surface area contributed by atoms with Crippen LogP contribution in [0.1, 0.15) is 23.6 Å². The summed E-state index contributed by atoms with van der Waals surface area (Å²) in [4.78, 5) is 1.37. The van der Waals surface area contributed by atoms with Crippen molar-refractivity contribution in [2.45, 2.75) is 32.3 Å². The van der Waals surface area contributed by atoms with Gasteiger partial charge in [-0.1, -0.05) is 72.6 Å². The summed E-state index contributed by atoms with van der Waals surface area (Å²) in [5.41, 5.74) is 3.78. The monoisotopic (exact) mass is 350 g/mol. The number of ether oxygens (including phenoxy) is 1. The zero-order valence-corrected chi connectivity index (χ0v) is 16.1. The molecule has 0 amide bonds. The molecule has 0 bridgehead atoms. The van der Waals surface area contributed by atoms with Crippen LogP contribution in [0.15, 0.2) is 83.8 Å². The fourth-order valence-corrected chi connectivity index (χ4v) is 2.84. The van der Waals surface area contributed by atoms with Gasteiger partial charge in [-0.25, -0.2) is 0 Å². The molecule has 0 heterocycles. The van der Waals surface area contributed by atoms with Crippen molar-refractivity contribution < 1.29 is 4.74 Å². The van der Waals surface area contributed by atoms with E-state index < -0.39 is 0 Å². The standard InChI is InChI=1S/C14H14O.C9H12S/c1-12-7-9-14(10-8-12)15-11-13-5-3-2-4-6-13;1-3-10-9-6-4-8(2)5-7-9/h2-10H,11H2,1H3;4-7H,3H2,1-2H3. The molecule has 25 heavy (non-hydrogen) atoms. The van der Waals surface area contributed by atoms with Crippen molar-refractivity contribution in [1.29, 1.82) is 0 Å². The lowest BCUT2D eigenvalue weighted by Crippen LogP contribution is -1.94. The Bertz CT molecular complexity index is 718. The smallest absolute Gasteiger partial charge is 0.119 e. The summed E-state index contributed by atoms with van der Waals surface area (Å²) in [6.07, 6.45) is 0.